The van der Waals surface area contributed by atoms with Crippen LogP contribution in [0.2, 0.25) is 0 Å². The average Bonchev–Trinajstić information content (AvgIpc) is 2.58. The van der Waals surface area contributed by atoms with Crippen molar-refractivity contribution in [2.24, 2.45) is 0 Å². The summed E-state index contributed by atoms with van der Waals surface area (Å²) in [7, 11) is 0. The summed E-state index contributed by atoms with van der Waals surface area (Å²) >= 11 is 3.09. The maximum Gasteiger partial charge on any atom is 0.573 e. The highest BCUT2D eigenvalue weighted by atomic mass is 79.9. The zero-order chi connectivity index (χ0) is 20.9. The minimum absolute atomic E-state index is 0.132. The zero-order valence-electron chi connectivity index (χ0n) is 13.8. The Hall–Kier alpha value is -2.82. The predicted molar refractivity (Wildman–Crippen MR) is 91.5 cm³/mol. The van der Waals surface area contributed by atoms with E-state index in [0.29, 0.717) is 4.47 Å². The predicted octanol–water partition coefficient (Wildman–Crippen LogP) is 3.88. The molecule has 1 amide bonds. The highest BCUT2D eigenvalue weighted by Gasteiger charge is 2.31. The Labute approximate surface area is 164 Å². The number of carbonyl (C=O) groups excluding carboxylic acids is 1. The molecular weight excluding hydrogens is 454 g/mol. The molecule has 0 heterocycles. The molecule has 0 fully saturated rings. The number of hydrogen-bond donors (Lipinski definition) is 2. The Morgan fingerprint density at radius 1 is 1.14 bits per heavy atom. The molecule has 0 saturated heterocycles. The molecule has 2 aromatic rings. The van der Waals surface area contributed by atoms with Crippen molar-refractivity contribution in [1.82, 2.24) is 5.32 Å². The molecule has 0 radical (unpaired) electrons. The van der Waals surface area contributed by atoms with Gasteiger partial charge in [-0.2, -0.15) is 0 Å². The van der Waals surface area contributed by atoms with Crippen LogP contribution in [0, 0.1) is 5.82 Å². The Balaban J connectivity index is 2.23. The first-order chi connectivity index (χ1) is 13.0. The molecule has 0 saturated carbocycles. The third kappa shape index (κ3) is 6.41. The van der Waals surface area contributed by atoms with Crippen molar-refractivity contribution in [2.45, 2.75) is 12.9 Å². The molecule has 2 rings (SSSR count). The van der Waals surface area contributed by atoms with Crippen LogP contribution >= 0.6 is 15.9 Å². The van der Waals surface area contributed by atoms with Gasteiger partial charge in [-0.3, -0.25) is 4.79 Å². The number of amides is 1. The summed E-state index contributed by atoms with van der Waals surface area (Å²) in [5.74, 6) is -3.83. The number of rotatable bonds is 7. The van der Waals surface area contributed by atoms with Gasteiger partial charge in [0.1, 0.15) is 17.3 Å². The molecule has 0 unspecified atom stereocenters. The number of nitrogens with one attached hydrogen (secondary N) is 1. The van der Waals surface area contributed by atoms with Crippen molar-refractivity contribution in [1.29, 1.82) is 0 Å². The number of aliphatic carboxylic acids is 1. The van der Waals surface area contributed by atoms with Gasteiger partial charge in [-0.25, -0.2) is 9.18 Å². The van der Waals surface area contributed by atoms with E-state index in [1.54, 1.807) is 6.07 Å². The first-order valence-corrected chi connectivity index (χ1v) is 8.31. The third-order valence-corrected chi connectivity index (χ3v) is 3.73. The second kappa shape index (κ2) is 8.91. The molecule has 2 N–H and O–H groups in total. The fraction of sp³-hybridized carbons (Fsp3) is 0.176. The van der Waals surface area contributed by atoms with Gasteiger partial charge in [-0.15, -0.1) is 13.2 Å². The number of hydrogen-bond acceptors (Lipinski definition) is 4. The molecule has 28 heavy (non-hydrogen) atoms. The second-order valence-electron chi connectivity index (χ2n) is 5.31. The molecular formula is C17H12BrF4NO5. The van der Waals surface area contributed by atoms with E-state index in [1.165, 1.54) is 12.1 Å². The summed E-state index contributed by atoms with van der Waals surface area (Å²) < 4.78 is 60.2. The highest BCUT2D eigenvalue weighted by molar-refractivity contribution is 9.10. The van der Waals surface area contributed by atoms with E-state index < -0.39 is 42.0 Å². The minimum atomic E-state index is -4.99. The summed E-state index contributed by atoms with van der Waals surface area (Å²) in [6, 6.07) is 6.72. The van der Waals surface area contributed by atoms with Gasteiger partial charge < -0.3 is 19.9 Å². The van der Waals surface area contributed by atoms with Gasteiger partial charge >= 0.3 is 12.3 Å². The Kier molecular flexibility index (Phi) is 6.84. The minimum Gasteiger partial charge on any atom is -0.481 e. The average molecular weight is 466 g/mol. The molecule has 150 valence electrons. The van der Waals surface area contributed by atoms with Gasteiger partial charge in [-0.05, 0) is 30.3 Å². The molecule has 0 bridgehead atoms. The van der Waals surface area contributed by atoms with E-state index in [4.69, 9.17) is 9.84 Å². The molecule has 0 aliphatic carbocycles. The van der Waals surface area contributed by atoms with E-state index in [9.17, 15) is 27.2 Å². The van der Waals surface area contributed by atoms with Crippen LogP contribution in [-0.4, -0.2) is 30.0 Å². The molecule has 0 aliphatic heterocycles. The summed E-state index contributed by atoms with van der Waals surface area (Å²) in [5.41, 5.74) is -0.271. The maximum absolute atomic E-state index is 13.8. The van der Waals surface area contributed by atoms with Crippen molar-refractivity contribution in [3.05, 3.63) is 57.8 Å². The van der Waals surface area contributed by atoms with E-state index >= 15 is 0 Å². The van der Waals surface area contributed by atoms with Gasteiger partial charge in [0, 0.05) is 16.6 Å². The molecule has 0 spiro atoms. The van der Waals surface area contributed by atoms with E-state index in [0.717, 1.165) is 18.2 Å². The highest BCUT2D eigenvalue weighted by Crippen LogP contribution is 2.28. The van der Waals surface area contributed by atoms with Gasteiger partial charge in [0.15, 0.2) is 6.61 Å². The van der Waals surface area contributed by atoms with Gasteiger partial charge in [0.2, 0.25) is 0 Å². The largest absolute Gasteiger partial charge is 0.573 e. The first-order valence-electron chi connectivity index (χ1n) is 7.51. The van der Waals surface area contributed by atoms with Gasteiger partial charge in [0.05, 0.1) is 5.56 Å². The number of carbonyl (C=O) groups is 2. The van der Waals surface area contributed by atoms with Crippen LogP contribution in [0.3, 0.4) is 0 Å². The second-order valence-corrected chi connectivity index (χ2v) is 6.22. The summed E-state index contributed by atoms with van der Waals surface area (Å²) in [5, 5.41) is 11.0. The fourth-order valence-electron chi connectivity index (χ4n) is 2.08. The number of ether oxygens (including phenoxy) is 2. The number of carboxylic acid groups (broad SMARTS) is 1. The summed E-state index contributed by atoms with van der Waals surface area (Å²) in [6.07, 6.45) is -4.99. The van der Waals surface area contributed by atoms with Crippen molar-refractivity contribution in [3.63, 3.8) is 0 Å². The van der Waals surface area contributed by atoms with Crippen LogP contribution in [0.1, 0.15) is 15.9 Å². The SMILES string of the molecule is O=C(O)COc1ccc(OC(F)(F)F)cc1C(=O)NCc1ccc(Br)cc1F. The number of halogens is 5. The molecule has 0 aromatic heterocycles. The lowest BCUT2D eigenvalue weighted by atomic mass is 10.1. The quantitative estimate of drug-likeness (QED) is 0.606. The van der Waals surface area contributed by atoms with Crippen LogP contribution in [0.5, 0.6) is 11.5 Å². The monoisotopic (exact) mass is 465 g/mol. The number of carboxylic acids is 1. The van der Waals surface area contributed by atoms with E-state index in [1.807, 2.05) is 0 Å². The maximum atomic E-state index is 13.8. The van der Waals surface area contributed by atoms with Crippen molar-refractivity contribution >= 4 is 27.8 Å². The number of benzene rings is 2. The lowest BCUT2D eigenvalue weighted by Crippen LogP contribution is -2.25. The van der Waals surface area contributed by atoms with E-state index in [2.05, 4.69) is 26.0 Å². The first kappa shape index (κ1) is 21.5. The van der Waals surface area contributed by atoms with Crippen LogP contribution < -0.4 is 14.8 Å². The normalized spacial score (nSPS) is 11.0. The standard InChI is InChI=1S/C17H12BrF4NO5/c18-10-2-1-9(13(19)5-10)7-23-16(26)12-6-11(28-17(20,21)22)3-4-14(12)27-8-15(24)25/h1-6H,7-8H2,(H,23,26)(H,24,25). The van der Waals surface area contributed by atoms with Crippen LogP contribution in [0.15, 0.2) is 40.9 Å². The molecule has 0 aliphatic rings. The summed E-state index contributed by atoms with van der Waals surface area (Å²) in [4.78, 5) is 23.0. The van der Waals surface area contributed by atoms with E-state index in [-0.39, 0.29) is 17.9 Å². The van der Waals surface area contributed by atoms with Crippen molar-refractivity contribution in [2.75, 3.05) is 6.61 Å². The van der Waals surface area contributed by atoms with Crippen molar-refractivity contribution in [3.8, 4) is 11.5 Å². The molecule has 6 nitrogen and oxygen atoms in total. The van der Waals surface area contributed by atoms with Gasteiger partial charge in [-0.1, -0.05) is 22.0 Å². The lowest BCUT2D eigenvalue weighted by molar-refractivity contribution is -0.274. The Morgan fingerprint density at radius 2 is 1.86 bits per heavy atom. The molecule has 2 aromatic carbocycles. The van der Waals surface area contributed by atoms with Crippen LogP contribution in [0.25, 0.3) is 0 Å². The smallest absolute Gasteiger partial charge is 0.481 e. The molecule has 11 heteroatoms. The van der Waals surface area contributed by atoms with Crippen molar-refractivity contribution < 1.29 is 41.7 Å². The third-order valence-electron chi connectivity index (χ3n) is 3.23. The fourth-order valence-corrected chi connectivity index (χ4v) is 2.42. The lowest BCUT2D eigenvalue weighted by Gasteiger charge is -2.14. The Bertz CT molecular complexity index is 888. The van der Waals surface area contributed by atoms with Crippen LogP contribution in [0.4, 0.5) is 17.6 Å². The van der Waals surface area contributed by atoms with Crippen LogP contribution in [-0.2, 0) is 11.3 Å². The zero-order valence-corrected chi connectivity index (χ0v) is 15.4. The topological polar surface area (TPSA) is 84.9 Å². The molecule has 0 atom stereocenters. The Morgan fingerprint density at radius 3 is 2.46 bits per heavy atom. The summed E-state index contributed by atoms with van der Waals surface area (Å²) in [6.45, 7) is -1.08. The number of alkyl halides is 3. The van der Waals surface area contributed by atoms with Gasteiger partial charge in [0.25, 0.3) is 5.91 Å².